The van der Waals surface area contributed by atoms with Gasteiger partial charge in [-0.05, 0) is 18.6 Å². The molecule has 0 spiro atoms. The lowest BCUT2D eigenvalue weighted by Gasteiger charge is -2.32. The van der Waals surface area contributed by atoms with Crippen LogP contribution in [-0.4, -0.2) is 59.8 Å². The first-order chi connectivity index (χ1) is 9.63. The number of pyridine rings is 1. The number of aromatic nitrogens is 1. The second-order valence-electron chi connectivity index (χ2n) is 4.87. The lowest BCUT2D eigenvalue weighted by atomic mass is 10.2. The Labute approximate surface area is 118 Å². The van der Waals surface area contributed by atoms with Gasteiger partial charge in [0.25, 0.3) is 5.91 Å². The number of carbonyl (C=O) groups is 2. The summed E-state index contributed by atoms with van der Waals surface area (Å²) in [5.74, 6) is 0.417. The maximum atomic E-state index is 12.5. The van der Waals surface area contributed by atoms with E-state index in [1.165, 1.54) is 0 Å². The molecule has 2 rings (SSSR count). The van der Waals surface area contributed by atoms with E-state index in [1.807, 2.05) is 0 Å². The molecular formula is C14H20N4O2. The molecule has 108 valence electrons. The highest BCUT2D eigenvalue weighted by atomic mass is 16.2. The Bertz CT molecular complexity index is 504. The fraction of sp³-hybridized carbons (Fsp3) is 0.500. The van der Waals surface area contributed by atoms with Crippen LogP contribution in [0.25, 0.3) is 0 Å². The zero-order valence-corrected chi connectivity index (χ0v) is 11.9. The first-order valence-corrected chi connectivity index (χ1v) is 6.85. The van der Waals surface area contributed by atoms with Crippen molar-refractivity contribution in [3.05, 3.63) is 23.9 Å². The molecule has 0 aromatic carbocycles. The van der Waals surface area contributed by atoms with Crippen molar-refractivity contribution >= 4 is 17.6 Å². The lowest BCUT2D eigenvalue weighted by Crippen LogP contribution is -2.50. The lowest BCUT2D eigenvalue weighted by molar-refractivity contribution is -0.133. The third-order valence-corrected chi connectivity index (χ3v) is 3.32. The molecule has 0 saturated carbocycles. The molecule has 2 amide bonds. The maximum Gasteiger partial charge on any atom is 0.258 e. The van der Waals surface area contributed by atoms with Crippen molar-refractivity contribution in [2.75, 3.05) is 38.5 Å². The van der Waals surface area contributed by atoms with Gasteiger partial charge in [-0.25, -0.2) is 4.98 Å². The molecule has 1 aliphatic rings. The van der Waals surface area contributed by atoms with Gasteiger partial charge < -0.3 is 15.1 Å². The summed E-state index contributed by atoms with van der Waals surface area (Å²) in [5.41, 5.74) is 0.526. The van der Waals surface area contributed by atoms with Crippen LogP contribution in [0.4, 0.5) is 5.82 Å². The predicted octanol–water partition coefficient (Wildman–Crippen LogP) is 0.818. The Hall–Kier alpha value is -2.11. The van der Waals surface area contributed by atoms with E-state index in [9.17, 15) is 9.59 Å². The van der Waals surface area contributed by atoms with Crippen LogP contribution in [0.2, 0.25) is 0 Å². The molecule has 0 atom stereocenters. The summed E-state index contributed by atoms with van der Waals surface area (Å²) in [5, 5.41) is 3.15. The number of anilines is 1. The molecule has 1 aliphatic heterocycles. The van der Waals surface area contributed by atoms with E-state index in [0.717, 1.165) is 13.0 Å². The van der Waals surface area contributed by atoms with Crippen LogP contribution in [0.15, 0.2) is 18.3 Å². The minimum atomic E-state index is -0.141. The Morgan fingerprint density at radius 2 is 2.25 bits per heavy atom. The fourth-order valence-electron chi connectivity index (χ4n) is 2.06. The van der Waals surface area contributed by atoms with Crippen LogP contribution < -0.4 is 5.32 Å². The van der Waals surface area contributed by atoms with E-state index in [-0.39, 0.29) is 18.4 Å². The van der Waals surface area contributed by atoms with E-state index in [1.54, 1.807) is 35.2 Å². The largest absolute Gasteiger partial charge is 0.369 e. The summed E-state index contributed by atoms with van der Waals surface area (Å²) in [7, 11) is 1.75. The number of piperazine rings is 1. The van der Waals surface area contributed by atoms with Gasteiger partial charge in [0.15, 0.2) is 0 Å². The average Bonchev–Trinajstić information content (AvgIpc) is 2.47. The molecule has 2 heterocycles. The number of rotatable bonds is 4. The number of hydrogen-bond acceptors (Lipinski definition) is 4. The predicted molar refractivity (Wildman–Crippen MR) is 76.6 cm³/mol. The number of amides is 2. The van der Waals surface area contributed by atoms with E-state index in [0.29, 0.717) is 24.5 Å². The summed E-state index contributed by atoms with van der Waals surface area (Å²) in [4.78, 5) is 31.6. The van der Waals surface area contributed by atoms with E-state index in [4.69, 9.17) is 0 Å². The summed E-state index contributed by atoms with van der Waals surface area (Å²) in [6, 6.07) is 3.48. The zero-order chi connectivity index (χ0) is 14.5. The first kappa shape index (κ1) is 14.3. The quantitative estimate of drug-likeness (QED) is 0.884. The molecule has 1 aromatic heterocycles. The van der Waals surface area contributed by atoms with Crippen LogP contribution in [0, 0.1) is 0 Å². The van der Waals surface area contributed by atoms with Crippen LogP contribution in [0.1, 0.15) is 23.7 Å². The van der Waals surface area contributed by atoms with Crippen molar-refractivity contribution in [3.63, 3.8) is 0 Å². The van der Waals surface area contributed by atoms with E-state index in [2.05, 4.69) is 17.2 Å². The normalized spacial score (nSPS) is 15.4. The first-order valence-electron chi connectivity index (χ1n) is 6.85. The van der Waals surface area contributed by atoms with E-state index >= 15 is 0 Å². The highest BCUT2D eigenvalue weighted by Crippen LogP contribution is 2.15. The van der Waals surface area contributed by atoms with Crippen molar-refractivity contribution in [3.8, 4) is 0 Å². The van der Waals surface area contributed by atoms with Gasteiger partial charge in [0.05, 0.1) is 5.56 Å². The second kappa shape index (κ2) is 6.36. The number of hydrogen-bond donors (Lipinski definition) is 1. The fourth-order valence-corrected chi connectivity index (χ4v) is 2.06. The van der Waals surface area contributed by atoms with Crippen molar-refractivity contribution in [1.82, 2.24) is 14.8 Å². The van der Waals surface area contributed by atoms with Crippen LogP contribution in [-0.2, 0) is 4.79 Å². The summed E-state index contributed by atoms with van der Waals surface area (Å²) in [6.07, 6.45) is 2.61. The molecule has 0 aliphatic carbocycles. The number of nitrogens with one attached hydrogen (secondary N) is 1. The highest BCUT2D eigenvalue weighted by Gasteiger charge is 2.27. The molecule has 1 aromatic rings. The van der Waals surface area contributed by atoms with Crippen molar-refractivity contribution in [2.24, 2.45) is 0 Å². The molecule has 20 heavy (non-hydrogen) atoms. The smallest absolute Gasteiger partial charge is 0.258 e. The van der Waals surface area contributed by atoms with Crippen LogP contribution in [0.3, 0.4) is 0 Å². The number of nitrogens with zero attached hydrogens (tertiary/aromatic N) is 3. The summed E-state index contributed by atoms with van der Waals surface area (Å²) >= 11 is 0. The van der Waals surface area contributed by atoms with E-state index < -0.39 is 0 Å². The van der Waals surface area contributed by atoms with Gasteiger partial charge >= 0.3 is 0 Å². The Kier molecular flexibility index (Phi) is 4.55. The van der Waals surface area contributed by atoms with Crippen LogP contribution in [0.5, 0.6) is 0 Å². The monoisotopic (exact) mass is 276 g/mol. The standard InChI is InChI=1S/C14H20N4O2/c1-3-6-15-13-11(5-4-7-16-13)14(20)18-9-8-17(2)12(19)10-18/h4-5,7H,3,6,8-10H2,1-2H3,(H,15,16). The SMILES string of the molecule is CCCNc1ncccc1C(=O)N1CCN(C)C(=O)C1. The van der Waals surface area contributed by atoms with Crippen molar-refractivity contribution < 1.29 is 9.59 Å². The van der Waals surface area contributed by atoms with Gasteiger partial charge in [0, 0.05) is 32.9 Å². The molecule has 0 unspecified atom stereocenters. The van der Waals surface area contributed by atoms with Gasteiger partial charge in [-0.3, -0.25) is 9.59 Å². The van der Waals surface area contributed by atoms with Gasteiger partial charge in [-0.15, -0.1) is 0 Å². The topological polar surface area (TPSA) is 65.5 Å². The van der Waals surface area contributed by atoms with Crippen molar-refractivity contribution in [2.45, 2.75) is 13.3 Å². The molecule has 1 saturated heterocycles. The molecule has 1 N–H and O–H groups in total. The van der Waals surface area contributed by atoms with Crippen LogP contribution >= 0.6 is 0 Å². The third-order valence-electron chi connectivity index (χ3n) is 3.32. The maximum absolute atomic E-state index is 12.5. The molecule has 1 fully saturated rings. The third kappa shape index (κ3) is 3.07. The minimum Gasteiger partial charge on any atom is -0.369 e. The van der Waals surface area contributed by atoms with Gasteiger partial charge in [0.2, 0.25) is 5.91 Å². The number of carbonyl (C=O) groups excluding carboxylic acids is 2. The van der Waals surface area contributed by atoms with Gasteiger partial charge in [0.1, 0.15) is 12.4 Å². The summed E-state index contributed by atoms with van der Waals surface area (Å²) in [6.45, 7) is 4.08. The minimum absolute atomic E-state index is 0.0310. The summed E-state index contributed by atoms with van der Waals surface area (Å²) < 4.78 is 0. The zero-order valence-electron chi connectivity index (χ0n) is 11.9. The molecule has 6 nitrogen and oxygen atoms in total. The van der Waals surface area contributed by atoms with Crippen molar-refractivity contribution in [1.29, 1.82) is 0 Å². The molecule has 0 radical (unpaired) electrons. The van der Waals surface area contributed by atoms with Gasteiger partial charge in [-0.1, -0.05) is 6.92 Å². The van der Waals surface area contributed by atoms with Gasteiger partial charge in [-0.2, -0.15) is 0 Å². The Balaban J connectivity index is 2.14. The number of likely N-dealkylation sites (N-methyl/N-ethyl adjacent to an activating group) is 1. The Morgan fingerprint density at radius 1 is 1.45 bits per heavy atom. The molecule has 6 heteroatoms. The second-order valence-corrected chi connectivity index (χ2v) is 4.87. The molecular weight excluding hydrogens is 256 g/mol. The molecule has 0 bridgehead atoms. The Morgan fingerprint density at radius 3 is 2.95 bits per heavy atom. The highest BCUT2D eigenvalue weighted by molar-refractivity contribution is 6.00. The average molecular weight is 276 g/mol.